The van der Waals surface area contributed by atoms with Crippen LogP contribution in [0.1, 0.15) is 0 Å². The Bertz CT molecular complexity index is 145. The van der Waals surface area contributed by atoms with Crippen LogP contribution >= 0.6 is 0 Å². The Balaban J connectivity index is 3.95. The molecular formula is C5H9NO4. The maximum Gasteiger partial charge on any atom is 0.225 e. The lowest BCUT2D eigenvalue weighted by atomic mass is 10.1. The smallest absolute Gasteiger partial charge is 0.225 e. The second-order valence-corrected chi connectivity index (χ2v) is 1.73. The summed E-state index contributed by atoms with van der Waals surface area (Å²) in [5.41, 5.74) is 4.96. The van der Waals surface area contributed by atoms with E-state index in [4.69, 9.17) is 15.9 Å². The molecule has 5 heteroatoms. The maximum absolute atomic E-state index is 10.5. The summed E-state index contributed by atoms with van der Waals surface area (Å²) in [5, 5.41) is 16.4. The number of carbonyl (C=O) groups excluding carboxylic acids is 2. The molecule has 5 nitrogen and oxygen atoms in total. The molecule has 0 aromatic heterocycles. The number of rotatable bonds is 4. The van der Waals surface area contributed by atoms with E-state index in [0.29, 0.717) is 0 Å². The SMILES string of the molecule is NC(CO)C(=O)C(=O)CO. The van der Waals surface area contributed by atoms with Crippen molar-refractivity contribution in [1.82, 2.24) is 0 Å². The Morgan fingerprint density at radius 2 is 1.90 bits per heavy atom. The van der Waals surface area contributed by atoms with Crippen molar-refractivity contribution in [3.05, 3.63) is 0 Å². The molecule has 0 amide bonds. The van der Waals surface area contributed by atoms with Crippen molar-refractivity contribution in [3.8, 4) is 0 Å². The van der Waals surface area contributed by atoms with Gasteiger partial charge in [0.2, 0.25) is 11.6 Å². The highest BCUT2D eigenvalue weighted by Crippen LogP contribution is 1.82. The van der Waals surface area contributed by atoms with Gasteiger partial charge >= 0.3 is 0 Å². The molecule has 1 atom stereocenters. The molecule has 0 rings (SSSR count). The van der Waals surface area contributed by atoms with E-state index >= 15 is 0 Å². The van der Waals surface area contributed by atoms with E-state index in [1.807, 2.05) is 0 Å². The predicted molar refractivity (Wildman–Crippen MR) is 32.2 cm³/mol. The predicted octanol–water partition coefficient (Wildman–Crippen LogP) is -2.56. The zero-order chi connectivity index (χ0) is 8.15. The van der Waals surface area contributed by atoms with Crippen LogP contribution in [0.25, 0.3) is 0 Å². The van der Waals surface area contributed by atoms with Crippen molar-refractivity contribution in [2.75, 3.05) is 13.2 Å². The Hall–Kier alpha value is -0.780. The molecule has 10 heavy (non-hydrogen) atoms. The summed E-state index contributed by atoms with van der Waals surface area (Å²) in [4.78, 5) is 20.8. The average Bonchev–Trinajstić information content (AvgIpc) is 2.00. The third kappa shape index (κ3) is 2.22. The molecule has 0 aliphatic carbocycles. The molecule has 0 aromatic rings. The molecule has 0 bridgehead atoms. The highest BCUT2D eigenvalue weighted by molar-refractivity contribution is 6.39. The van der Waals surface area contributed by atoms with E-state index in [1.54, 1.807) is 0 Å². The van der Waals surface area contributed by atoms with E-state index in [-0.39, 0.29) is 0 Å². The van der Waals surface area contributed by atoms with Gasteiger partial charge in [0, 0.05) is 0 Å². The van der Waals surface area contributed by atoms with Crippen LogP contribution in [-0.4, -0.2) is 41.0 Å². The first-order valence-corrected chi connectivity index (χ1v) is 2.67. The van der Waals surface area contributed by atoms with Crippen molar-refractivity contribution in [3.63, 3.8) is 0 Å². The molecule has 58 valence electrons. The largest absolute Gasteiger partial charge is 0.394 e. The molecular weight excluding hydrogens is 138 g/mol. The van der Waals surface area contributed by atoms with E-state index in [0.717, 1.165) is 0 Å². The number of Topliss-reactive ketones (excluding diaryl/α,β-unsaturated/α-hetero) is 2. The summed E-state index contributed by atoms with van der Waals surface area (Å²) in [6.07, 6.45) is 0. The summed E-state index contributed by atoms with van der Waals surface area (Å²) in [6, 6.07) is -1.19. The quantitative estimate of drug-likeness (QED) is 0.380. The van der Waals surface area contributed by atoms with Gasteiger partial charge < -0.3 is 15.9 Å². The molecule has 0 aliphatic rings. The number of carbonyl (C=O) groups is 2. The highest BCUT2D eigenvalue weighted by atomic mass is 16.3. The molecule has 0 radical (unpaired) electrons. The van der Waals surface area contributed by atoms with Gasteiger partial charge in [-0.05, 0) is 0 Å². The van der Waals surface area contributed by atoms with Gasteiger partial charge in [0.15, 0.2) is 0 Å². The summed E-state index contributed by atoms with van der Waals surface area (Å²) >= 11 is 0. The van der Waals surface area contributed by atoms with Crippen LogP contribution in [0, 0.1) is 0 Å². The number of hydrogen-bond acceptors (Lipinski definition) is 5. The minimum Gasteiger partial charge on any atom is -0.394 e. The second-order valence-electron chi connectivity index (χ2n) is 1.73. The van der Waals surface area contributed by atoms with Gasteiger partial charge in [-0.15, -0.1) is 0 Å². The summed E-state index contributed by atoms with van der Waals surface area (Å²) in [5.74, 6) is -1.91. The van der Waals surface area contributed by atoms with Crippen LogP contribution in [0.4, 0.5) is 0 Å². The number of aliphatic hydroxyl groups is 2. The monoisotopic (exact) mass is 147 g/mol. The molecule has 0 fully saturated rings. The van der Waals surface area contributed by atoms with E-state index in [2.05, 4.69) is 0 Å². The first-order chi connectivity index (χ1) is 4.63. The van der Waals surface area contributed by atoms with Crippen molar-refractivity contribution >= 4 is 11.6 Å². The number of ketones is 2. The molecule has 0 aliphatic heterocycles. The van der Waals surface area contributed by atoms with E-state index in [1.165, 1.54) is 0 Å². The first kappa shape index (κ1) is 9.22. The molecule has 4 N–H and O–H groups in total. The fraction of sp³-hybridized carbons (Fsp3) is 0.600. The summed E-state index contributed by atoms with van der Waals surface area (Å²) in [6.45, 7) is -1.43. The summed E-state index contributed by atoms with van der Waals surface area (Å²) < 4.78 is 0. The van der Waals surface area contributed by atoms with Gasteiger partial charge in [0.05, 0.1) is 12.6 Å². The Morgan fingerprint density at radius 3 is 2.20 bits per heavy atom. The van der Waals surface area contributed by atoms with Crippen LogP contribution in [0.5, 0.6) is 0 Å². The lowest BCUT2D eigenvalue weighted by molar-refractivity contribution is -0.139. The maximum atomic E-state index is 10.5. The number of nitrogens with two attached hydrogens (primary N) is 1. The van der Waals surface area contributed by atoms with Crippen LogP contribution in [0.3, 0.4) is 0 Å². The molecule has 0 spiro atoms. The normalized spacial score (nSPS) is 12.7. The Kier molecular flexibility index (Phi) is 3.78. The van der Waals surface area contributed by atoms with Crippen molar-refractivity contribution in [1.29, 1.82) is 0 Å². The Morgan fingerprint density at radius 1 is 1.40 bits per heavy atom. The minimum absolute atomic E-state index is 0.579. The number of aliphatic hydroxyl groups excluding tert-OH is 2. The molecule has 0 saturated carbocycles. The van der Waals surface area contributed by atoms with Crippen molar-refractivity contribution in [2.24, 2.45) is 5.73 Å². The fourth-order valence-electron chi connectivity index (χ4n) is 0.368. The molecule has 0 aromatic carbocycles. The zero-order valence-electron chi connectivity index (χ0n) is 5.28. The average molecular weight is 147 g/mol. The van der Waals surface area contributed by atoms with Gasteiger partial charge in [0.1, 0.15) is 6.61 Å². The van der Waals surface area contributed by atoms with Crippen LogP contribution < -0.4 is 5.73 Å². The highest BCUT2D eigenvalue weighted by Gasteiger charge is 2.19. The van der Waals surface area contributed by atoms with Gasteiger partial charge in [-0.25, -0.2) is 0 Å². The minimum atomic E-state index is -1.19. The van der Waals surface area contributed by atoms with Gasteiger partial charge in [-0.3, -0.25) is 9.59 Å². The van der Waals surface area contributed by atoms with E-state index < -0.39 is 30.8 Å². The van der Waals surface area contributed by atoms with Crippen LogP contribution in [0.2, 0.25) is 0 Å². The van der Waals surface area contributed by atoms with E-state index in [9.17, 15) is 9.59 Å². The van der Waals surface area contributed by atoms with Gasteiger partial charge in [-0.1, -0.05) is 0 Å². The van der Waals surface area contributed by atoms with Crippen molar-refractivity contribution < 1.29 is 19.8 Å². The zero-order valence-corrected chi connectivity index (χ0v) is 5.28. The molecule has 0 heterocycles. The molecule has 0 saturated heterocycles. The summed E-state index contributed by atoms with van der Waals surface area (Å²) in [7, 11) is 0. The number of hydrogen-bond donors (Lipinski definition) is 3. The second kappa shape index (κ2) is 4.10. The topological polar surface area (TPSA) is 101 Å². The lowest BCUT2D eigenvalue weighted by Crippen LogP contribution is -2.39. The van der Waals surface area contributed by atoms with Gasteiger partial charge in [0.25, 0.3) is 0 Å². The van der Waals surface area contributed by atoms with Crippen molar-refractivity contribution in [2.45, 2.75) is 6.04 Å². The third-order valence-corrected chi connectivity index (χ3v) is 0.952. The first-order valence-electron chi connectivity index (χ1n) is 2.67. The standard InChI is InChI=1S/C5H9NO4/c6-3(1-7)5(10)4(9)2-8/h3,7-8H,1-2,6H2. The van der Waals surface area contributed by atoms with Crippen LogP contribution in [0.15, 0.2) is 0 Å². The van der Waals surface area contributed by atoms with Gasteiger partial charge in [-0.2, -0.15) is 0 Å². The third-order valence-electron chi connectivity index (χ3n) is 0.952. The van der Waals surface area contributed by atoms with Crippen LogP contribution in [-0.2, 0) is 9.59 Å². The fourth-order valence-corrected chi connectivity index (χ4v) is 0.368. The lowest BCUT2D eigenvalue weighted by Gasteiger charge is -2.02. The molecule has 1 unspecified atom stereocenters. The Labute approximate surface area is 57.5 Å².